The van der Waals surface area contributed by atoms with E-state index in [1.165, 1.54) is 6.92 Å². The fourth-order valence-corrected chi connectivity index (χ4v) is 2.82. The lowest BCUT2D eigenvalue weighted by Crippen LogP contribution is -2.32. The summed E-state index contributed by atoms with van der Waals surface area (Å²) in [5, 5.41) is 9.41. The molecule has 0 spiro atoms. The first-order valence-corrected chi connectivity index (χ1v) is 8.41. The normalized spacial score (nSPS) is 11.5. The Morgan fingerprint density at radius 3 is 2.44 bits per heavy atom. The van der Waals surface area contributed by atoms with Gasteiger partial charge in [-0.2, -0.15) is 0 Å². The number of anilines is 2. The number of nitrogens with one attached hydrogen (secondary N) is 3. The Bertz CT molecular complexity index is 777. The Balaban J connectivity index is 1.96. The molecule has 1 unspecified atom stereocenters. The molecular formula is C19H22ClN3O2. The largest absolute Gasteiger partial charge is 0.376 e. The smallest absolute Gasteiger partial charge is 0.239 e. The Hall–Kier alpha value is -2.53. The van der Waals surface area contributed by atoms with Crippen molar-refractivity contribution in [1.82, 2.24) is 5.32 Å². The van der Waals surface area contributed by atoms with Gasteiger partial charge in [-0.1, -0.05) is 35.9 Å². The molecule has 0 aliphatic rings. The summed E-state index contributed by atoms with van der Waals surface area (Å²) >= 11 is 6.15. The van der Waals surface area contributed by atoms with Crippen LogP contribution >= 0.6 is 11.6 Å². The van der Waals surface area contributed by atoms with Gasteiger partial charge in [0.05, 0.1) is 12.6 Å². The number of rotatable bonds is 6. The quantitative estimate of drug-likeness (QED) is 0.732. The summed E-state index contributed by atoms with van der Waals surface area (Å²) in [4.78, 5) is 23.4. The molecule has 2 aromatic carbocycles. The van der Waals surface area contributed by atoms with Crippen molar-refractivity contribution < 1.29 is 9.59 Å². The van der Waals surface area contributed by atoms with Crippen molar-refractivity contribution in [1.29, 1.82) is 0 Å². The first kappa shape index (κ1) is 18.8. The summed E-state index contributed by atoms with van der Waals surface area (Å²) in [6.45, 7) is 5.36. The van der Waals surface area contributed by atoms with E-state index < -0.39 is 0 Å². The van der Waals surface area contributed by atoms with Gasteiger partial charge in [-0.3, -0.25) is 9.59 Å². The van der Waals surface area contributed by atoms with Gasteiger partial charge >= 0.3 is 0 Å². The van der Waals surface area contributed by atoms with Crippen molar-refractivity contribution in [3.05, 3.63) is 58.6 Å². The molecule has 0 radical (unpaired) electrons. The van der Waals surface area contributed by atoms with Crippen LogP contribution in [0.15, 0.2) is 42.5 Å². The van der Waals surface area contributed by atoms with Gasteiger partial charge in [0.1, 0.15) is 0 Å². The average molecular weight is 360 g/mol. The van der Waals surface area contributed by atoms with E-state index in [9.17, 15) is 9.59 Å². The maximum Gasteiger partial charge on any atom is 0.239 e. The van der Waals surface area contributed by atoms with Gasteiger partial charge in [-0.15, -0.1) is 0 Å². The minimum atomic E-state index is -0.185. The molecule has 0 saturated carbocycles. The number of benzene rings is 2. The molecule has 0 aromatic heterocycles. The fraction of sp³-hybridized carbons (Fsp3) is 0.263. The maximum absolute atomic E-state index is 12.2. The number of halogens is 1. The topological polar surface area (TPSA) is 70.2 Å². The monoisotopic (exact) mass is 359 g/mol. The van der Waals surface area contributed by atoms with E-state index in [0.29, 0.717) is 5.02 Å². The number of hydrogen-bond donors (Lipinski definition) is 3. The van der Waals surface area contributed by atoms with E-state index in [0.717, 1.165) is 22.5 Å². The lowest BCUT2D eigenvalue weighted by molar-refractivity contribution is -0.120. The lowest BCUT2D eigenvalue weighted by atomic mass is 10.1. The maximum atomic E-state index is 12.2. The molecule has 2 aromatic rings. The highest BCUT2D eigenvalue weighted by Gasteiger charge is 2.12. The third kappa shape index (κ3) is 5.22. The van der Waals surface area contributed by atoms with Gasteiger partial charge in [-0.25, -0.2) is 0 Å². The Kier molecular flexibility index (Phi) is 6.42. The number of hydrogen-bond acceptors (Lipinski definition) is 3. The van der Waals surface area contributed by atoms with Crippen molar-refractivity contribution in [2.75, 3.05) is 17.2 Å². The van der Waals surface area contributed by atoms with Gasteiger partial charge in [-0.05, 0) is 43.2 Å². The molecule has 0 bridgehead atoms. The van der Waals surface area contributed by atoms with Crippen LogP contribution in [0.1, 0.15) is 31.0 Å². The molecular weight excluding hydrogens is 338 g/mol. The minimum Gasteiger partial charge on any atom is -0.376 e. The van der Waals surface area contributed by atoms with Crippen molar-refractivity contribution in [2.45, 2.75) is 26.8 Å². The lowest BCUT2D eigenvalue weighted by Gasteiger charge is -2.17. The van der Waals surface area contributed by atoms with E-state index in [-0.39, 0.29) is 24.4 Å². The third-order valence-corrected chi connectivity index (χ3v) is 4.18. The molecule has 0 saturated heterocycles. The van der Waals surface area contributed by atoms with Gasteiger partial charge in [0.15, 0.2) is 0 Å². The van der Waals surface area contributed by atoms with E-state index in [4.69, 9.17) is 11.6 Å². The SMILES string of the molecule is CC(=O)Nc1cccc(NCC(=O)NC(C)c2ccccc2Cl)c1C. The highest BCUT2D eigenvalue weighted by molar-refractivity contribution is 6.31. The Morgan fingerprint density at radius 1 is 1.08 bits per heavy atom. The van der Waals surface area contributed by atoms with E-state index >= 15 is 0 Å². The number of carbonyl (C=O) groups excluding carboxylic acids is 2. The van der Waals surface area contributed by atoms with Gasteiger partial charge < -0.3 is 16.0 Å². The van der Waals surface area contributed by atoms with Crippen LogP contribution in [0.3, 0.4) is 0 Å². The van der Waals surface area contributed by atoms with Crippen LogP contribution in [0, 0.1) is 6.92 Å². The van der Waals surface area contributed by atoms with Crippen LogP contribution in [0.25, 0.3) is 0 Å². The molecule has 2 amide bonds. The van der Waals surface area contributed by atoms with E-state index in [2.05, 4.69) is 16.0 Å². The summed E-state index contributed by atoms with van der Waals surface area (Å²) in [5.74, 6) is -0.275. The molecule has 5 nitrogen and oxygen atoms in total. The predicted molar refractivity (Wildman–Crippen MR) is 102 cm³/mol. The van der Waals surface area contributed by atoms with Crippen molar-refractivity contribution in [3.8, 4) is 0 Å². The zero-order valence-corrected chi connectivity index (χ0v) is 15.3. The fourth-order valence-electron chi connectivity index (χ4n) is 2.52. The van der Waals surface area contributed by atoms with E-state index in [1.54, 1.807) is 6.07 Å². The van der Waals surface area contributed by atoms with Crippen LogP contribution in [-0.2, 0) is 9.59 Å². The Morgan fingerprint density at radius 2 is 1.76 bits per heavy atom. The van der Waals surface area contributed by atoms with Crippen molar-refractivity contribution in [2.24, 2.45) is 0 Å². The highest BCUT2D eigenvalue weighted by atomic mass is 35.5. The minimum absolute atomic E-state index is 0.124. The third-order valence-electron chi connectivity index (χ3n) is 3.83. The second-order valence-electron chi connectivity index (χ2n) is 5.82. The van der Waals surface area contributed by atoms with Crippen molar-refractivity contribution >= 4 is 34.8 Å². The molecule has 0 aliphatic heterocycles. The Labute approximate surface area is 152 Å². The zero-order valence-electron chi connectivity index (χ0n) is 14.5. The molecule has 132 valence electrons. The van der Waals surface area contributed by atoms with Crippen molar-refractivity contribution in [3.63, 3.8) is 0 Å². The standard InChI is InChI=1S/C19H22ClN3O2/c1-12-17(9-6-10-18(12)23-14(3)24)21-11-19(25)22-13(2)15-7-4-5-8-16(15)20/h4-10,13,21H,11H2,1-3H3,(H,22,25)(H,23,24). The molecule has 2 rings (SSSR count). The van der Waals surface area contributed by atoms with Crippen LogP contribution in [-0.4, -0.2) is 18.4 Å². The molecule has 6 heteroatoms. The van der Waals surface area contributed by atoms with Gasteiger partial charge in [0, 0.05) is 23.3 Å². The van der Waals surface area contributed by atoms with Crippen LogP contribution in [0.4, 0.5) is 11.4 Å². The first-order chi connectivity index (χ1) is 11.9. The number of carbonyl (C=O) groups is 2. The second kappa shape index (κ2) is 8.53. The predicted octanol–water partition coefficient (Wildman–Crippen LogP) is 3.90. The highest BCUT2D eigenvalue weighted by Crippen LogP contribution is 2.24. The summed E-state index contributed by atoms with van der Waals surface area (Å²) in [7, 11) is 0. The molecule has 0 heterocycles. The van der Waals surface area contributed by atoms with Crippen LogP contribution < -0.4 is 16.0 Å². The summed E-state index contributed by atoms with van der Waals surface area (Å²) in [6.07, 6.45) is 0. The molecule has 1 atom stereocenters. The summed E-state index contributed by atoms with van der Waals surface area (Å²) in [5.41, 5.74) is 3.28. The second-order valence-corrected chi connectivity index (χ2v) is 6.23. The van der Waals surface area contributed by atoms with Gasteiger partial charge in [0.2, 0.25) is 11.8 Å². The average Bonchev–Trinajstić information content (AvgIpc) is 2.55. The molecule has 25 heavy (non-hydrogen) atoms. The van der Waals surface area contributed by atoms with Gasteiger partial charge in [0.25, 0.3) is 0 Å². The molecule has 0 aliphatic carbocycles. The first-order valence-electron chi connectivity index (χ1n) is 8.03. The van der Waals surface area contributed by atoms with E-state index in [1.807, 2.05) is 50.2 Å². The zero-order chi connectivity index (χ0) is 18.4. The summed E-state index contributed by atoms with van der Waals surface area (Å²) < 4.78 is 0. The molecule has 0 fully saturated rings. The summed E-state index contributed by atoms with van der Waals surface area (Å²) in [6, 6.07) is 12.8. The molecule has 3 N–H and O–H groups in total. The van der Waals surface area contributed by atoms with Crippen LogP contribution in [0.5, 0.6) is 0 Å². The van der Waals surface area contributed by atoms with Crippen LogP contribution in [0.2, 0.25) is 5.02 Å². The number of amides is 2.